The van der Waals surface area contributed by atoms with Gasteiger partial charge in [0.2, 0.25) is 5.82 Å². The van der Waals surface area contributed by atoms with Crippen LogP contribution in [-0.4, -0.2) is 39.2 Å². The van der Waals surface area contributed by atoms with Crippen LogP contribution in [0.5, 0.6) is 0 Å². The topological polar surface area (TPSA) is 141 Å². The van der Waals surface area contributed by atoms with Gasteiger partial charge in [-0.15, -0.1) is 0 Å². The Kier molecular flexibility index (Phi) is 4.21. The summed E-state index contributed by atoms with van der Waals surface area (Å²) in [4.78, 5) is 27.2. The van der Waals surface area contributed by atoms with E-state index in [2.05, 4.69) is 10.3 Å². The first-order valence-electron chi connectivity index (χ1n) is 9.40. The minimum Gasteiger partial charge on any atom is -0.462 e. The van der Waals surface area contributed by atoms with Crippen molar-refractivity contribution in [1.82, 2.24) is 4.98 Å². The molecule has 9 heteroatoms. The molecule has 146 valence electrons. The summed E-state index contributed by atoms with van der Waals surface area (Å²) >= 11 is 0. The fourth-order valence-electron chi connectivity index (χ4n) is 5.59. The lowest BCUT2D eigenvalue weighted by Gasteiger charge is -2.58. The van der Waals surface area contributed by atoms with Gasteiger partial charge in [0.15, 0.2) is 0 Å². The second-order valence-corrected chi connectivity index (χ2v) is 8.12. The third-order valence-corrected chi connectivity index (χ3v) is 6.31. The first-order chi connectivity index (χ1) is 12.8. The number of aliphatic hydroxyl groups is 1. The molecular formula is C18H24N4O5. The Hall–Kier alpha value is -2.42. The minimum absolute atomic E-state index is 0.0188. The molecule has 27 heavy (non-hydrogen) atoms. The Morgan fingerprint density at radius 1 is 1.44 bits per heavy atom. The number of anilines is 2. The van der Waals surface area contributed by atoms with Gasteiger partial charge in [0.25, 0.3) is 0 Å². The number of hydrogen-bond donors (Lipinski definition) is 3. The van der Waals surface area contributed by atoms with Crippen LogP contribution >= 0.6 is 0 Å². The van der Waals surface area contributed by atoms with E-state index in [-0.39, 0.29) is 41.6 Å². The maximum Gasteiger partial charge on any atom is 0.342 e. The summed E-state index contributed by atoms with van der Waals surface area (Å²) in [7, 11) is 0. The number of pyridine rings is 1. The number of carbonyl (C=O) groups excluding carboxylic acids is 1. The summed E-state index contributed by atoms with van der Waals surface area (Å²) in [5.74, 6) is 0.0270. The number of carbonyl (C=O) groups is 1. The van der Waals surface area contributed by atoms with E-state index >= 15 is 0 Å². The average molecular weight is 376 g/mol. The van der Waals surface area contributed by atoms with Crippen molar-refractivity contribution in [2.75, 3.05) is 17.7 Å². The molecule has 4 aliphatic rings. The smallest absolute Gasteiger partial charge is 0.342 e. The van der Waals surface area contributed by atoms with Crippen LogP contribution in [0, 0.1) is 27.9 Å². The number of aromatic nitrogens is 1. The molecule has 0 radical (unpaired) electrons. The van der Waals surface area contributed by atoms with Gasteiger partial charge in [-0.2, -0.15) is 0 Å². The molecule has 0 aromatic carbocycles. The van der Waals surface area contributed by atoms with Gasteiger partial charge in [-0.05, 0) is 56.8 Å². The Morgan fingerprint density at radius 3 is 2.67 bits per heavy atom. The third kappa shape index (κ3) is 2.99. The van der Waals surface area contributed by atoms with Crippen molar-refractivity contribution in [2.24, 2.45) is 17.8 Å². The predicted octanol–water partition coefficient (Wildman–Crippen LogP) is 2.10. The SMILES string of the molecule is CCOC(=O)c1cnc(N)c([N+](=O)[O-])c1NC1C2CC3CC1CC(O)(C3)C2. The second kappa shape index (κ2) is 6.33. The average Bonchev–Trinajstić information content (AvgIpc) is 2.56. The summed E-state index contributed by atoms with van der Waals surface area (Å²) in [6, 6.07) is -0.0458. The van der Waals surface area contributed by atoms with E-state index in [1.165, 1.54) is 6.20 Å². The number of nitrogen functional groups attached to an aromatic ring is 1. The number of ether oxygens (including phenoxy) is 1. The Bertz CT molecular complexity index is 782. The number of nitrogens with zero attached hydrogens (tertiary/aromatic N) is 2. The Balaban J connectivity index is 1.71. The Morgan fingerprint density at radius 2 is 2.11 bits per heavy atom. The zero-order valence-electron chi connectivity index (χ0n) is 15.2. The molecule has 4 bridgehead atoms. The molecule has 0 amide bonds. The van der Waals surface area contributed by atoms with E-state index in [4.69, 9.17) is 10.5 Å². The summed E-state index contributed by atoms with van der Waals surface area (Å²) in [6.07, 6.45) is 5.41. The highest BCUT2D eigenvalue weighted by Crippen LogP contribution is 2.56. The first-order valence-corrected chi connectivity index (χ1v) is 9.40. The first kappa shape index (κ1) is 18.0. The fourth-order valence-corrected chi connectivity index (χ4v) is 5.59. The van der Waals surface area contributed by atoms with Gasteiger partial charge in [-0.1, -0.05) is 0 Å². The van der Waals surface area contributed by atoms with E-state index < -0.39 is 22.2 Å². The zero-order chi connectivity index (χ0) is 19.3. The number of nitrogens with one attached hydrogen (secondary N) is 1. The van der Waals surface area contributed by atoms with Gasteiger partial charge in [-0.25, -0.2) is 9.78 Å². The van der Waals surface area contributed by atoms with Crippen LogP contribution in [-0.2, 0) is 4.74 Å². The van der Waals surface area contributed by atoms with Crippen molar-refractivity contribution in [1.29, 1.82) is 0 Å². The van der Waals surface area contributed by atoms with E-state index in [9.17, 15) is 20.0 Å². The van der Waals surface area contributed by atoms with Crippen molar-refractivity contribution in [2.45, 2.75) is 50.7 Å². The van der Waals surface area contributed by atoms with Crippen molar-refractivity contribution in [3.63, 3.8) is 0 Å². The van der Waals surface area contributed by atoms with Crippen LogP contribution in [0.1, 0.15) is 49.4 Å². The summed E-state index contributed by atoms with van der Waals surface area (Å²) in [6.45, 7) is 1.82. The molecule has 1 aromatic rings. The van der Waals surface area contributed by atoms with Crippen LogP contribution in [0.4, 0.5) is 17.2 Å². The lowest BCUT2D eigenvalue weighted by molar-refractivity contribution is -0.383. The zero-order valence-corrected chi connectivity index (χ0v) is 15.2. The molecule has 0 aliphatic heterocycles. The molecule has 9 nitrogen and oxygen atoms in total. The maximum atomic E-state index is 12.3. The molecule has 1 heterocycles. The van der Waals surface area contributed by atoms with E-state index in [1.54, 1.807) is 6.92 Å². The highest BCUT2D eigenvalue weighted by molar-refractivity contribution is 5.99. The molecule has 4 saturated carbocycles. The van der Waals surface area contributed by atoms with E-state index in [1.807, 2.05) is 0 Å². The van der Waals surface area contributed by atoms with Crippen LogP contribution < -0.4 is 11.1 Å². The van der Waals surface area contributed by atoms with Gasteiger partial charge in [0.1, 0.15) is 11.3 Å². The summed E-state index contributed by atoms with van der Waals surface area (Å²) in [5.41, 5.74) is 4.84. The molecule has 4 aliphatic carbocycles. The highest BCUT2D eigenvalue weighted by atomic mass is 16.6. The number of nitrogens with two attached hydrogens (primary N) is 1. The quantitative estimate of drug-likeness (QED) is 0.403. The minimum atomic E-state index is -0.668. The van der Waals surface area contributed by atoms with Gasteiger partial charge < -0.3 is 20.9 Å². The lowest BCUT2D eigenvalue weighted by atomic mass is 9.52. The van der Waals surface area contributed by atoms with Gasteiger partial charge in [-0.3, -0.25) is 10.1 Å². The van der Waals surface area contributed by atoms with Crippen LogP contribution in [0.25, 0.3) is 0 Å². The van der Waals surface area contributed by atoms with Gasteiger partial charge in [0, 0.05) is 12.2 Å². The normalized spacial score (nSPS) is 33.7. The molecule has 4 N–H and O–H groups in total. The highest BCUT2D eigenvalue weighted by Gasteiger charge is 2.55. The second-order valence-electron chi connectivity index (χ2n) is 8.12. The van der Waals surface area contributed by atoms with Crippen LogP contribution in [0.2, 0.25) is 0 Å². The van der Waals surface area contributed by atoms with Crippen molar-refractivity contribution in [3.05, 3.63) is 21.9 Å². The van der Waals surface area contributed by atoms with Crippen molar-refractivity contribution >= 4 is 23.2 Å². The monoisotopic (exact) mass is 376 g/mol. The predicted molar refractivity (Wildman–Crippen MR) is 97.2 cm³/mol. The summed E-state index contributed by atoms with van der Waals surface area (Å²) < 4.78 is 5.04. The number of rotatable bonds is 5. The molecule has 2 unspecified atom stereocenters. The molecule has 0 spiro atoms. The summed E-state index contributed by atoms with van der Waals surface area (Å²) in [5, 5.41) is 25.6. The molecule has 5 rings (SSSR count). The van der Waals surface area contributed by atoms with Gasteiger partial charge >= 0.3 is 11.7 Å². The third-order valence-electron chi connectivity index (χ3n) is 6.31. The number of esters is 1. The standard InChI is InChI=1S/C18H24N4O5/c1-2-27-17(23)12-8-20-16(19)15(22(25)26)14(12)21-13-10-3-9-4-11(13)7-18(24,5-9)6-10/h8-11,13,24H,2-7H2,1H3,(H3,19,20,21). The van der Waals surface area contributed by atoms with Crippen molar-refractivity contribution in [3.8, 4) is 0 Å². The largest absolute Gasteiger partial charge is 0.462 e. The fraction of sp³-hybridized carbons (Fsp3) is 0.667. The van der Waals surface area contributed by atoms with E-state index in [0.717, 1.165) is 19.3 Å². The molecule has 4 fully saturated rings. The molecule has 2 atom stereocenters. The number of hydrogen-bond acceptors (Lipinski definition) is 8. The van der Waals surface area contributed by atoms with Crippen molar-refractivity contribution < 1.29 is 19.6 Å². The molecule has 1 aromatic heterocycles. The van der Waals surface area contributed by atoms with Crippen LogP contribution in [0.3, 0.4) is 0 Å². The lowest BCUT2D eigenvalue weighted by Crippen LogP contribution is -2.59. The van der Waals surface area contributed by atoms with Crippen LogP contribution in [0.15, 0.2) is 6.20 Å². The van der Waals surface area contributed by atoms with E-state index in [0.29, 0.717) is 18.8 Å². The molecular weight excluding hydrogens is 352 g/mol. The Labute approximate surface area is 156 Å². The number of nitro groups is 1. The maximum absolute atomic E-state index is 12.3. The molecule has 0 saturated heterocycles. The van der Waals surface area contributed by atoms with Gasteiger partial charge in [0.05, 0.1) is 17.1 Å².